The molecule has 3 atom stereocenters. The first-order chi connectivity index (χ1) is 14.3. The van der Waals surface area contributed by atoms with Crippen LogP contribution >= 0.6 is 0 Å². The maximum Gasteiger partial charge on any atom is 0.251 e. The minimum atomic E-state index is -3.39. The molecule has 4 rings (SSSR count). The molecular weight excluding hydrogens is 408 g/mol. The number of carbonyl (C=O) groups excluding carboxylic acids is 2. The molecule has 0 aromatic heterocycles. The van der Waals surface area contributed by atoms with E-state index < -0.39 is 15.6 Å². The van der Waals surface area contributed by atoms with Crippen molar-refractivity contribution in [3.63, 3.8) is 0 Å². The summed E-state index contributed by atoms with van der Waals surface area (Å²) >= 11 is 0. The van der Waals surface area contributed by atoms with Crippen LogP contribution in [0.5, 0.6) is 0 Å². The van der Waals surface area contributed by atoms with Crippen LogP contribution in [-0.2, 0) is 24.3 Å². The Bertz CT molecular complexity index is 757. The molecule has 30 heavy (non-hydrogen) atoms. The van der Waals surface area contributed by atoms with Gasteiger partial charge >= 0.3 is 0 Å². The maximum atomic E-state index is 12.8. The highest BCUT2D eigenvalue weighted by Crippen LogP contribution is 2.44. The fourth-order valence-corrected chi connectivity index (χ4v) is 7.22. The predicted octanol–water partition coefficient (Wildman–Crippen LogP) is -0.0981. The highest BCUT2D eigenvalue weighted by molar-refractivity contribution is 7.89. The minimum absolute atomic E-state index is 0.0122. The molecule has 2 bridgehead atoms. The summed E-state index contributed by atoms with van der Waals surface area (Å²) in [5.41, 5.74) is 5.17. The third-order valence-corrected chi connectivity index (χ3v) is 9.37. The Morgan fingerprint density at radius 3 is 2.47 bits per heavy atom. The molecule has 0 aromatic carbocycles. The number of hydrogen-bond acceptors (Lipinski definition) is 6. The standard InChI is InChI=1S/C20H34N4O5S/c21-19(26)20-7-1-4-16(6-8-20)24(20)9-3-15-30(27,28)23-12-10-22(11-13-23)18(25)17-5-2-14-29-17/h16-17H,1-15H2,(H2,21,26)/t16-,17?,20+/m1/s1. The van der Waals surface area contributed by atoms with E-state index in [1.165, 1.54) is 4.31 Å². The molecule has 0 saturated carbocycles. The summed E-state index contributed by atoms with van der Waals surface area (Å²) in [5.74, 6) is -0.216. The second-order valence-electron chi connectivity index (χ2n) is 9.07. The molecule has 4 aliphatic rings. The van der Waals surface area contributed by atoms with E-state index in [2.05, 4.69) is 4.90 Å². The number of nitrogens with zero attached hydrogens (tertiary/aromatic N) is 3. The zero-order chi connectivity index (χ0) is 21.4. The van der Waals surface area contributed by atoms with Crippen LogP contribution in [0.1, 0.15) is 51.4 Å². The van der Waals surface area contributed by atoms with Crippen LogP contribution in [0, 0.1) is 0 Å². The van der Waals surface area contributed by atoms with Gasteiger partial charge in [0.2, 0.25) is 15.9 Å². The third kappa shape index (κ3) is 4.11. The number of fused-ring (bicyclic) bond motifs is 2. The van der Waals surface area contributed by atoms with E-state index in [9.17, 15) is 18.0 Å². The lowest BCUT2D eigenvalue weighted by Crippen LogP contribution is -2.58. The molecular formula is C20H34N4O5S. The van der Waals surface area contributed by atoms with Gasteiger partial charge < -0.3 is 15.4 Å². The minimum Gasteiger partial charge on any atom is -0.368 e. The van der Waals surface area contributed by atoms with Crippen LogP contribution in [0.3, 0.4) is 0 Å². The van der Waals surface area contributed by atoms with E-state index in [4.69, 9.17) is 10.5 Å². The van der Waals surface area contributed by atoms with Crippen molar-refractivity contribution in [1.29, 1.82) is 0 Å². The van der Waals surface area contributed by atoms with Gasteiger partial charge in [-0.3, -0.25) is 14.5 Å². The molecule has 10 heteroatoms. The number of rotatable bonds is 7. The van der Waals surface area contributed by atoms with Crippen molar-refractivity contribution >= 4 is 21.8 Å². The van der Waals surface area contributed by atoms with Gasteiger partial charge in [0.25, 0.3) is 5.91 Å². The summed E-state index contributed by atoms with van der Waals surface area (Å²) in [6, 6.07) is 0.348. The molecule has 4 fully saturated rings. The Labute approximate surface area is 178 Å². The molecule has 170 valence electrons. The summed E-state index contributed by atoms with van der Waals surface area (Å²) in [5, 5.41) is 0. The molecule has 2 N–H and O–H groups in total. The smallest absolute Gasteiger partial charge is 0.251 e. The Balaban J connectivity index is 1.27. The molecule has 4 aliphatic heterocycles. The Hall–Kier alpha value is -1.23. The maximum absolute atomic E-state index is 12.8. The number of piperidine rings is 1. The normalized spacial score (nSPS) is 33.1. The van der Waals surface area contributed by atoms with Gasteiger partial charge in [0.05, 0.1) is 5.75 Å². The fraction of sp³-hybridized carbons (Fsp3) is 0.900. The van der Waals surface area contributed by atoms with Crippen molar-refractivity contribution < 1.29 is 22.7 Å². The molecule has 0 radical (unpaired) electrons. The Kier molecular flexibility index (Phi) is 6.39. The van der Waals surface area contributed by atoms with Crippen molar-refractivity contribution in [2.24, 2.45) is 5.73 Å². The van der Waals surface area contributed by atoms with E-state index in [1.807, 2.05) is 0 Å². The Morgan fingerprint density at radius 2 is 1.80 bits per heavy atom. The monoisotopic (exact) mass is 442 g/mol. The van der Waals surface area contributed by atoms with E-state index in [0.717, 1.165) is 44.9 Å². The molecule has 2 amide bonds. The van der Waals surface area contributed by atoms with Crippen molar-refractivity contribution in [2.75, 3.05) is 45.1 Å². The lowest BCUT2D eigenvalue weighted by atomic mass is 9.87. The molecule has 9 nitrogen and oxygen atoms in total. The number of nitrogens with two attached hydrogens (primary N) is 1. The summed E-state index contributed by atoms with van der Waals surface area (Å²) in [4.78, 5) is 28.5. The second-order valence-corrected chi connectivity index (χ2v) is 11.2. The zero-order valence-electron chi connectivity index (χ0n) is 17.6. The molecule has 0 spiro atoms. The van der Waals surface area contributed by atoms with Gasteiger partial charge in [0.1, 0.15) is 11.6 Å². The third-order valence-electron chi connectivity index (χ3n) is 7.42. The van der Waals surface area contributed by atoms with Crippen molar-refractivity contribution in [2.45, 2.75) is 69.1 Å². The molecule has 0 aliphatic carbocycles. The van der Waals surface area contributed by atoms with Crippen molar-refractivity contribution in [3.05, 3.63) is 0 Å². The number of amides is 2. The van der Waals surface area contributed by atoms with Gasteiger partial charge in [-0.25, -0.2) is 8.42 Å². The topological polar surface area (TPSA) is 113 Å². The van der Waals surface area contributed by atoms with E-state index in [1.54, 1.807) is 4.90 Å². The highest BCUT2D eigenvalue weighted by Gasteiger charge is 2.52. The SMILES string of the molecule is NC(=O)[C@]12CCC[C@H](CC1)N2CCCS(=O)(=O)N1CCN(C(=O)C2CCCO2)CC1. The van der Waals surface area contributed by atoms with Gasteiger partial charge in [-0.15, -0.1) is 0 Å². The van der Waals surface area contributed by atoms with Crippen LogP contribution in [-0.4, -0.2) is 97.1 Å². The number of carbonyl (C=O) groups is 2. The van der Waals surface area contributed by atoms with Gasteiger partial charge in [-0.05, 0) is 51.4 Å². The van der Waals surface area contributed by atoms with E-state index in [-0.39, 0.29) is 23.7 Å². The average Bonchev–Trinajstić information content (AvgIpc) is 3.32. The first-order valence-corrected chi connectivity index (χ1v) is 12.9. The average molecular weight is 443 g/mol. The highest BCUT2D eigenvalue weighted by atomic mass is 32.2. The summed E-state index contributed by atoms with van der Waals surface area (Å²) in [6.45, 7) is 2.70. The van der Waals surface area contributed by atoms with Crippen LogP contribution < -0.4 is 5.73 Å². The first kappa shape index (κ1) is 22.0. The summed E-state index contributed by atoms with van der Waals surface area (Å²) < 4.78 is 32.6. The lowest BCUT2D eigenvalue weighted by molar-refractivity contribution is -0.142. The van der Waals surface area contributed by atoms with Gasteiger partial charge in [0.15, 0.2) is 0 Å². The first-order valence-electron chi connectivity index (χ1n) is 11.3. The number of ether oxygens (including phenoxy) is 1. The number of hydrogen-bond donors (Lipinski definition) is 1. The van der Waals surface area contributed by atoms with Crippen molar-refractivity contribution in [3.8, 4) is 0 Å². The lowest BCUT2D eigenvalue weighted by Gasteiger charge is -2.42. The van der Waals surface area contributed by atoms with Gasteiger partial charge in [-0.1, -0.05) is 0 Å². The fourth-order valence-electron chi connectivity index (χ4n) is 5.75. The summed E-state index contributed by atoms with van der Waals surface area (Å²) in [7, 11) is -3.39. The largest absolute Gasteiger partial charge is 0.368 e. The summed E-state index contributed by atoms with van der Waals surface area (Å²) in [6.07, 6.45) is 6.40. The zero-order valence-corrected chi connectivity index (χ0v) is 18.4. The van der Waals surface area contributed by atoms with E-state index in [0.29, 0.717) is 51.8 Å². The second kappa shape index (κ2) is 8.72. The van der Waals surface area contributed by atoms with Crippen LogP contribution in [0.2, 0.25) is 0 Å². The molecule has 1 unspecified atom stereocenters. The van der Waals surface area contributed by atoms with Gasteiger partial charge in [0, 0.05) is 45.4 Å². The number of piperazine rings is 1. The van der Waals surface area contributed by atoms with Crippen LogP contribution in [0.15, 0.2) is 0 Å². The van der Waals surface area contributed by atoms with Crippen molar-refractivity contribution in [1.82, 2.24) is 14.1 Å². The molecule has 4 heterocycles. The van der Waals surface area contributed by atoms with Crippen LogP contribution in [0.4, 0.5) is 0 Å². The quantitative estimate of drug-likeness (QED) is 0.589. The molecule has 0 aromatic rings. The molecule has 4 saturated heterocycles. The number of sulfonamides is 1. The number of primary amides is 1. The van der Waals surface area contributed by atoms with Gasteiger partial charge in [-0.2, -0.15) is 4.31 Å². The van der Waals surface area contributed by atoms with E-state index >= 15 is 0 Å². The predicted molar refractivity (Wildman–Crippen MR) is 111 cm³/mol. The Morgan fingerprint density at radius 1 is 1.03 bits per heavy atom. The van der Waals surface area contributed by atoms with Crippen LogP contribution in [0.25, 0.3) is 0 Å².